The van der Waals surface area contributed by atoms with Crippen molar-refractivity contribution in [3.63, 3.8) is 0 Å². The standard InChI is InChI=1S/C13H19N5OS/c1-8(2)18(3)7-6-15-12(19)11-10(14)9-4-5-16-17-13(9)20-11/h4-5,8H,6-7,14H2,1-3H3,(H,15,19). The van der Waals surface area contributed by atoms with E-state index in [1.807, 2.05) is 7.05 Å². The molecule has 20 heavy (non-hydrogen) atoms. The van der Waals surface area contributed by atoms with E-state index in [0.717, 1.165) is 11.9 Å². The summed E-state index contributed by atoms with van der Waals surface area (Å²) in [5.74, 6) is -0.150. The highest BCUT2D eigenvalue weighted by molar-refractivity contribution is 7.21. The number of aromatic nitrogens is 2. The first-order valence-corrected chi connectivity index (χ1v) is 7.30. The van der Waals surface area contributed by atoms with Crippen LogP contribution >= 0.6 is 11.3 Å². The number of nitrogens with two attached hydrogens (primary N) is 1. The SMILES string of the molecule is CC(C)N(C)CCNC(=O)c1sc2nnccc2c1N. The number of nitrogen functional groups attached to an aromatic ring is 1. The van der Waals surface area contributed by atoms with Gasteiger partial charge in [-0.2, -0.15) is 5.10 Å². The van der Waals surface area contributed by atoms with Crippen LogP contribution in [0.15, 0.2) is 12.3 Å². The maximum atomic E-state index is 12.1. The van der Waals surface area contributed by atoms with Crippen molar-refractivity contribution in [3.05, 3.63) is 17.1 Å². The number of rotatable bonds is 5. The van der Waals surface area contributed by atoms with Gasteiger partial charge in [0, 0.05) is 24.5 Å². The fraction of sp³-hybridized carbons (Fsp3) is 0.462. The number of amides is 1. The third-order valence-corrected chi connectivity index (χ3v) is 4.36. The summed E-state index contributed by atoms with van der Waals surface area (Å²) in [6.07, 6.45) is 1.57. The average molecular weight is 293 g/mol. The Hall–Kier alpha value is -1.73. The molecule has 0 atom stereocenters. The van der Waals surface area contributed by atoms with Gasteiger partial charge < -0.3 is 16.0 Å². The molecular formula is C13H19N5OS. The van der Waals surface area contributed by atoms with Crippen molar-refractivity contribution in [2.75, 3.05) is 25.9 Å². The maximum Gasteiger partial charge on any atom is 0.263 e. The van der Waals surface area contributed by atoms with Gasteiger partial charge in [0.2, 0.25) is 0 Å². The third kappa shape index (κ3) is 3.05. The molecule has 0 fully saturated rings. The predicted molar refractivity (Wildman–Crippen MR) is 81.9 cm³/mol. The van der Waals surface area contributed by atoms with E-state index >= 15 is 0 Å². The van der Waals surface area contributed by atoms with E-state index in [4.69, 9.17) is 5.73 Å². The van der Waals surface area contributed by atoms with E-state index in [9.17, 15) is 4.79 Å². The molecule has 0 radical (unpaired) electrons. The molecule has 2 heterocycles. The first-order chi connectivity index (χ1) is 9.50. The van der Waals surface area contributed by atoms with E-state index in [1.54, 1.807) is 12.3 Å². The summed E-state index contributed by atoms with van der Waals surface area (Å²) in [5, 5.41) is 11.4. The molecule has 0 bridgehead atoms. The second kappa shape index (κ2) is 6.15. The minimum Gasteiger partial charge on any atom is -0.397 e. The highest BCUT2D eigenvalue weighted by atomic mass is 32.1. The number of thiophene rings is 1. The Morgan fingerprint density at radius 3 is 2.95 bits per heavy atom. The molecule has 0 aliphatic rings. The van der Waals surface area contributed by atoms with Gasteiger partial charge in [0.1, 0.15) is 9.71 Å². The lowest BCUT2D eigenvalue weighted by atomic mass is 10.3. The van der Waals surface area contributed by atoms with Crippen LogP contribution in [0.2, 0.25) is 0 Å². The summed E-state index contributed by atoms with van der Waals surface area (Å²) < 4.78 is 0. The van der Waals surface area contributed by atoms with Gasteiger partial charge in [-0.25, -0.2) is 0 Å². The van der Waals surface area contributed by atoms with Gasteiger partial charge in [-0.3, -0.25) is 4.79 Å². The lowest BCUT2D eigenvalue weighted by Crippen LogP contribution is -2.36. The molecule has 7 heteroatoms. The first kappa shape index (κ1) is 14.7. The number of carbonyl (C=O) groups is 1. The zero-order chi connectivity index (χ0) is 14.7. The molecule has 0 aliphatic heterocycles. The number of nitrogens with one attached hydrogen (secondary N) is 1. The number of likely N-dealkylation sites (N-methyl/N-ethyl adjacent to an activating group) is 1. The van der Waals surface area contributed by atoms with E-state index in [-0.39, 0.29) is 5.91 Å². The van der Waals surface area contributed by atoms with E-state index < -0.39 is 0 Å². The van der Waals surface area contributed by atoms with Crippen molar-refractivity contribution in [2.24, 2.45) is 0 Å². The topological polar surface area (TPSA) is 84.1 Å². The Bertz CT molecular complexity index is 610. The molecular weight excluding hydrogens is 274 g/mol. The van der Waals surface area contributed by atoms with Crippen LogP contribution in [0.25, 0.3) is 10.2 Å². The summed E-state index contributed by atoms with van der Waals surface area (Å²) in [5.41, 5.74) is 6.47. The van der Waals surface area contributed by atoms with Crippen LogP contribution in [-0.2, 0) is 0 Å². The predicted octanol–water partition coefficient (Wildman–Crippen LogP) is 1.34. The van der Waals surface area contributed by atoms with Crippen molar-refractivity contribution in [1.29, 1.82) is 0 Å². The molecule has 0 unspecified atom stereocenters. The molecule has 2 rings (SSSR count). The number of fused-ring (bicyclic) bond motifs is 1. The summed E-state index contributed by atoms with van der Waals surface area (Å²) >= 11 is 1.27. The molecule has 0 saturated heterocycles. The molecule has 0 aliphatic carbocycles. The Balaban J connectivity index is 2.03. The Kier molecular flexibility index (Phi) is 4.51. The van der Waals surface area contributed by atoms with Gasteiger partial charge in [-0.1, -0.05) is 0 Å². The normalized spacial score (nSPS) is 11.4. The fourth-order valence-electron chi connectivity index (χ4n) is 1.73. The molecule has 3 N–H and O–H groups in total. The summed E-state index contributed by atoms with van der Waals surface area (Å²) in [7, 11) is 2.03. The summed E-state index contributed by atoms with van der Waals surface area (Å²) in [4.78, 5) is 15.5. The van der Waals surface area contributed by atoms with Gasteiger partial charge in [-0.05, 0) is 27.0 Å². The third-order valence-electron chi connectivity index (χ3n) is 3.26. The summed E-state index contributed by atoms with van der Waals surface area (Å²) in [6.45, 7) is 5.62. The van der Waals surface area contributed by atoms with Gasteiger partial charge >= 0.3 is 0 Å². The van der Waals surface area contributed by atoms with Gasteiger partial charge in [-0.15, -0.1) is 16.4 Å². The molecule has 0 saturated carbocycles. The van der Waals surface area contributed by atoms with Gasteiger partial charge in [0.25, 0.3) is 5.91 Å². The van der Waals surface area contributed by atoms with Crippen LogP contribution in [0.5, 0.6) is 0 Å². The van der Waals surface area contributed by atoms with Crippen molar-refractivity contribution >= 4 is 33.1 Å². The van der Waals surface area contributed by atoms with Crippen LogP contribution in [0.4, 0.5) is 5.69 Å². The van der Waals surface area contributed by atoms with Crippen LogP contribution in [-0.4, -0.2) is 47.2 Å². The van der Waals surface area contributed by atoms with Crippen LogP contribution < -0.4 is 11.1 Å². The van der Waals surface area contributed by atoms with Crippen LogP contribution in [0.3, 0.4) is 0 Å². The molecule has 0 aromatic carbocycles. The lowest BCUT2D eigenvalue weighted by molar-refractivity contribution is 0.0953. The van der Waals surface area contributed by atoms with Gasteiger partial charge in [0.05, 0.1) is 11.9 Å². The lowest BCUT2D eigenvalue weighted by Gasteiger charge is -2.20. The van der Waals surface area contributed by atoms with E-state index in [0.29, 0.717) is 28.0 Å². The highest BCUT2D eigenvalue weighted by Gasteiger charge is 2.17. The number of carbonyl (C=O) groups excluding carboxylic acids is 1. The maximum absolute atomic E-state index is 12.1. The molecule has 2 aromatic rings. The molecule has 108 valence electrons. The van der Waals surface area contributed by atoms with Crippen molar-refractivity contribution in [3.8, 4) is 0 Å². The largest absolute Gasteiger partial charge is 0.397 e. The Labute approximate surface area is 122 Å². The van der Waals surface area contributed by atoms with Crippen LogP contribution in [0, 0.1) is 0 Å². The number of hydrogen-bond donors (Lipinski definition) is 2. The second-order valence-corrected chi connectivity index (χ2v) is 5.92. The average Bonchev–Trinajstić information content (AvgIpc) is 2.76. The number of nitrogens with zero attached hydrogens (tertiary/aromatic N) is 3. The highest BCUT2D eigenvalue weighted by Crippen LogP contribution is 2.31. The smallest absolute Gasteiger partial charge is 0.263 e. The quantitative estimate of drug-likeness (QED) is 0.869. The molecule has 0 spiro atoms. The minimum absolute atomic E-state index is 0.150. The zero-order valence-electron chi connectivity index (χ0n) is 11.9. The van der Waals surface area contributed by atoms with Gasteiger partial charge in [0.15, 0.2) is 0 Å². The Morgan fingerprint density at radius 1 is 1.55 bits per heavy atom. The van der Waals surface area contributed by atoms with Crippen LogP contribution in [0.1, 0.15) is 23.5 Å². The first-order valence-electron chi connectivity index (χ1n) is 6.48. The van der Waals surface area contributed by atoms with Crippen molar-refractivity contribution in [1.82, 2.24) is 20.4 Å². The molecule has 2 aromatic heterocycles. The molecule has 1 amide bonds. The fourth-order valence-corrected chi connectivity index (χ4v) is 2.68. The second-order valence-electron chi connectivity index (χ2n) is 4.93. The van der Waals surface area contributed by atoms with E-state index in [1.165, 1.54) is 11.3 Å². The minimum atomic E-state index is -0.150. The summed E-state index contributed by atoms with van der Waals surface area (Å²) in [6, 6.07) is 2.23. The number of hydrogen-bond acceptors (Lipinski definition) is 6. The van der Waals surface area contributed by atoms with E-state index in [2.05, 4.69) is 34.3 Å². The molecule has 6 nitrogen and oxygen atoms in total. The van der Waals surface area contributed by atoms with Crippen molar-refractivity contribution in [2.45, 2.75) is 19.9 Å². The zero-order valence-corrected chi connectivity index (χ0v) is 12.7. The van der Waals surface area contributed by atoms with Crippen molar-refractivity contribution < 1.29 is 4.79 Å². The number of anilines is 1. The Morgan fingerprint density at radius 2 is 2.30 bits per heavy atom. The monoisotopic (exact) mass is 293 g/mol.